The molecule has 0 unspecified atom stereocenters. The van der Waals surface area contributed by atoms with Crippen molar-refractivity contribution in [1.82, 2.24) is 4.98 Å². The van der Waals surface area contributed by atoms with Crippen LogP contribution in [0.3, 0.4) is 0 Å². The number of aromatic carboxylic acids is 1. The molecule has 2 aliphatic carbocycles. The van der Waals surface area contributed by atoms with Gasteiger partial charge in [0.2, 0.25) is 5.88 Å². The van der Waals surface area contributed by atoms with E-state index in [4.69, 9.17) is 9.84 Å². The molecule has 0 aromatic carbocycles. The molecule has 0 atom stereocenters. The van der Waals surface area contributed by atoms with Gasteiger partial charge in [0.1, 0.15) is 0 Å². The van der Waals surface area contributed by atoms with Crippen LogP contribution in [0.1, 0.15) is 47.5 Å². The summed E-state index contributed by atoms with van der Waals surface area (Å²) in [6, 6.07) is 1.72. The maximum atomic E-state index is 10.9. The normalized spacial score (nSPS) is 19.1. The first kappa shape index (κ1) is 10.6. The fourth-order valence-electron chi connectivity index (χ4n) is 1.87. The van der Waals surface area contributed by atoms with Crippen molar-refractivity contribution in [2.45, 2.75) is 31.6 Å². The minimum absolute atomic E-state index is 0.255. The second-order valence-electron chi connectivity index (χ2n) is 4.95. The molecule has 0 radical (unpaired) electrons. The number of aromatic nitrogens is 1. The van der Waals surface area contributed by atoms with Crippen molar-refractivity contribution < 1.29 is 14.6 Å². The molecule has 2 saturated carbocycles. The van der Waals surface area contributed by atoms with E-state index in [1.165, 1.54) is 19.0 Å². The van der Waals surface area contributed by atoms with Crippen LogP contribution in [0.25, 0.3) is 0 Å². The fraction of sp³-hybridized carbons (Fsp3) is 0.538. The van der Waals surface area contributed by atoms with Crippen molar-refractivity contribution in [3.63, 3.8) is 0 Å². The smallest absolute Gasteiger partial charge is 0.337 e. The molecule has 0 bridgehead atoms. The highest BCUT2D eigenvalue weighted by molar-refractivity contribution is 5.87. The first-order valence-electron chi connectivity index (χ1n) is 6.10. The highest BCUT2D eigenvalue weighted by atomic mass is 16.5. The lowest BCUT2D eigenvalue weighted by Gasteiger charge is -2.10. The summed E-state index contributed by atoms with van der Waals surface area (Å²) < 4.78 is 5.69. The predicted molar refractivity (Wildman–Crippen MR) is 61.4 cm³/mol. The van der Waals surface area contributed by atoms with Gasteiger partial charge in [-0.25, -0.2) is 9.78 Å². The predicted octanol–water partition coefficient (Wildman–Crippen LogP) is 2.45. The van der Waals surface area contributed by atoms with Crippen molar-refractivity contribution in [3.05, 3.63) is 23.4 Å². The van der Waals surface area contributed by atoms with Crippen LogP contribution in [0.4, 0.5) is 0 Å². The average molecular weight is 233 g/mol. The lowest BCUT2D eigenvalue weighted by atomic mass is 10.1. The summed E-state index contributed by atoms with van der Waals surface area (Å²) in [5, 5.41) is 8.95. The molecular formula is C13H15NO3. The standard InChI is InChI=1S/C13H15NO3/c15-13(16)10-5-11(9-3-4-9)12(14-6-10)17-7-8-1-2-8/h5-6,8-9H,1-4,7H2,(H,15,16). The molecule has 4 nitrogen and oxygen atoms in total. The van der Waals surface area contributed by atoms with Crippen LogP contribution >= 0.6 is 0 Å². The lowest BCUT2D eigenvalue weighted by molar-refractivity contribution is 0.0696. The molecule has 4 heteroatoms. The molecule has 0 spiro atoms. The summed E-state index contributed by atoms with van der Waals surface area (Å²) >= 11 is 0. The third-order valence-electron chi connectivity index (χ3n) is 3.30. The Kier molecular flexibility index (Phi) is 2.50. The highest BCUT2D eigenvalue weighted by Crippen LogP contribution is 2.44. The minimum atomic E-state index is -0.923. The molecule has 1 N–H and O–H groups in total. The first-order valence-corrected chi connectivity index (χ1v) is 6.10. The molecule has 1 aromatic heterocycles. The van der Waals surface area contributed by atoms with Crippen molar-refractivity contribution in [3.8, 4) is 5.88 Å². The van der Waals surface area contributed by atoms with Gasteiger partial charge in [0.25, 0.3) is 0 Å². The van der Waals surface area contributed by atoms with E-state index in [0.29, 0.717) is 17.7 Å². The number of pyridine rings is 1. The van der Waals surface area contributed by atoms with Crippen LogP contribution < -0.4 is 4.74 Å². The fourth-order valence-corrected chi connectivity index (χ4v) is 1.87. The van der Waals surface area contributed by atoms with E-state index in [1.54, 1.807) is 6.07 Å². The van der Waals surface area contributed by atoms with Gasteiger partial charge in [-0.15, -0.1) is 0 Å². The molecule has 1 aromatic rings. The largest absolute Gasteiger partial charge is 0.478 e. The Hall–Kier alpha value is -1.58. The maximum Gasteiger partial charge on any atom is 0.337 e. The number of rotatable bonds is 5. The molecule has 90 valence electrons. The number of carboxylic acid groups (broad SMARTS) is 1. The van der Waals surface area contributed by atoms with E-state index < -0.39 is 5.97 Å². The number of carbonyl (C=O) groups is 1. The van der Waals surface area contributed by atoms with Crippen molar-refractivity contribution in [1.29, 1.82) is 0 Å². The second-order valence-corrected chi connectivity index (χ2v) is 4.95. The van der Waals surface area contributed by atoms with Crippen molar-refractivity contribution >= 4 is 5.97 Å². The van der Waals surface area contributed by atoms with Gasteiger partial charge in [0, 0.05) is 11.8 Å². The van der Waals surface area contributed by atoms with Crippen LogP contribution in [0, 0.1) is 5.92 Å². The zero-order chi connectivity index (χ0) is 11.8. The highest BCUT2D eigenvalue weighted by Gasteiger charge is 2.30. The number of ether oxygens (including phenoxy) is 1. The minimum Gasteiger partial charge on any atom is -0.478 e. The van der Waals surface area contributed by atoms with Gasteiger partial charge in [-0.2, -0.15) is 0 Å². The third-order valence-corrected chi connectivity index (χ3v) is 3.30. The quantitative estimate of drug-likeness (QED) is 0.848. The van der Waals surface area contributed by atoms with E-state index in [1.807, 2.05) is 0 Å². The third kappa shape index (κ3) is 2.40. The monoisotopic (exact) mass is 233 g/mol. The number of hydrogen-bond donors (Lipinski definition) is 1. The topological polar surface area (TPSA) is 59.4 Å². The molecule has 0 saturated heterocycles. The lowest BCUT2D eigenvalue weighted by Crippen LogP contribution is -2.06. The number of hydrogen-bond acceptors (Lipinski definition) is 3. The van der Waals surface area contributed by atoms with Crippen LogP contribution in [0.5, 0.6) is 5.88 Å². The summed E-state index contributed by atoms with van der Waals surface area (Å²) in [6.07, 6.45) is 6.10. The van der Waals surface area contributed by atoms with Crippen LogP contribution in [0.2, 0.25) is 0 Å². The van der Waals surface area contributed by atoms with Crippen molar-refractivity contribution in [2.75, 3.05) is 6.61 Å². The summed E-state index contributed by atoms with van der Waals surface area (Å²) in [5.41, 5.74) is 1.23. The first-order chi connectivity index (χ1) is 8.24. The van der Waals surface area contributed by atoms with Gasteiger partial charge in [-0.3, -0.25) is 0 Å². The second kappa shape index (κ2) is 4.02. The van der Waals surface area contributed by atoms with E-state index in [9.17, 15) is 4.79 Å². The Morgan fingerprint density at radius 1 is 1.41 bits per heavy atom. The number of nitrogens with zero attached hydrogens (tertiary/aromatic N) is 1. The molecule has 0 amide bonds. The van der Waals surface area contributed by atoms with Gasteiger partial charge >= 0.3 is 5.97 Å². The van der Waals surface area contributed by atoms with Crippen LogP contribution in [0.15, 0.2) is 12.3 Å². The zero-order valence-corrected chi connectivity index (χ0v) is 9.56. The SMILES string of the molecule is O=C(O)c1cnc(OCC2CC2)c(C2CC2)c1. The number of carboxylic acids is 1. The van der Waals surface area contributed by atoms with Gasteiger partial charge < -0.3 is 9.84 Å². The zero-order valence-electron chi connectivity index (χ0n) is 9.56. The average Bonchev–Trinajstić information content (AvgIpc) is 3.16. The van der Waals surface area contributed by atoms with E-state index in [0.717, 1.165) is 25.0 Å². The Morgan fingerprint density at radius 3 is 2.76 bits per heavy atom. The molecular weight excluding hydrogens is 218 g/mol. The van der Waals surface area contributed by atoms with E-state index in [-0.39, 0.29) is 5.56 Å². The van der Waals surface area contributed by atoms with Crippen LogP contribution in [-0.2, 0) is 0 Å². The Labute approximate surface area is 99.6 Å². The van der Waals surface area contributed by atoms with Gasteiger partial charge in [0.05, 0.1) is 12.2 Å². The Balaban J connectivity index is 1.82. The van der Waals surface area contributed by atoms with E-state index >= 15 is 0 Å². The van der Waals surface area contributed by atoms with E-state index in [2.05, 4.69) is 4.98 Å². The summed E-state index contributed by atoms with van der Waals surface area (Å²) in [5.74, 6) is 0.858. The van der Waals surface area contributed by atoms with Crippen molar-refractivity contribution in [2.24, 2.45) is 5.92 Å². The summed E-state index contributed by atoms with van der Waals surface area (Å²) in [7, 11) is 0. The maximum absolute atomic E-state index is 10.9. The molecule has 17 heavy (non-hydrogen) atoms. The molecule has 3 rings (SSSR count). The molecule has 1 heterocycles. The summed E-state index contributed by atoms with van der Waals surface area (Å²) in [6.45, 7) is 0.721. The molecule has 0 aliphatic heterocycles. The molecule has 2 aliphatic rings. The van der Waals surface area contributed by atoms with Gasteiger partial charge in [-0.1, -0.05) is 0 Å². The summed E-state index contributed by atoms with van der Waals surface area (Å²) in [4.78, 5) is 15.1. The Morgan fingerprint density at radius 2 is 2.18 bits per heavy atom. The molecule has 2 fully saturated rings. The van der Waals surface area contributed by atoms with Crippen LogP contribution in [-0.4, -0.2) is 22.7 Å². The van der Waals surface area contributed by atoms with Gasteiger partial charge in [-0.05, 0) is 43.6 Å². The Bertz CT molecular complexity index is 450. The van der Waals surface area contributed by atoms with Gasteiger partial charge in [0.15, 0.2) is 0 Å².